The predicted octanol–water partition coefficient (Wildman–Crippen LogP) is 5.82. The SMILES string of the molecule is CC1=[N+](C23CC(C#N)(C2)C3)[C@@H](c2c(F)cc(O[C@H]3CCN(CCCF)C3)cc2F)c2[nH]c3ccccc3c2C1. The van der Waals surface area contributed by atoms with E-state index < -0.39 is 17.7 Å². The van der Waals surface area contributed by atoms with Crippen LogP contribution in [0.3, 0.4) is 0 Å². The normalized spacial score (nSPS) is 29.6. The number of nitrogens with zero attached hydrogens (tertiary/aromatic N) is 3. The second kappa shape index (κ2) is 8.85. The van der Waals surface area contributed by atoms with E-state index in [-0.39, 0.29) is 35.0 Å². The first-order valence-corrected chi connectivity index (χ1v) is 13.9. The summed E-state index contributed by atoms with van der Waals surface area (Å²) in [6.45, 7) is 3.77. The van der Waals surface area contributed by atoms with Gasteiger partial charge in [0.15, 0.2) is 11.3 Å². The van der Waals surface area contributed by atoms with E-state index in [1.54, 1.807) is 0 Å². The molecule has 1 saturated heterocycles. The smallest absolute Gasteiger partial charge is 0.224 e. The highest BCUT2D eigenvalue weighted by molar-refractivity contribution is 5.92. The number of hydrogen-bond acceptors (Lipinski definition) is 3. The van der Waals surface area contributed by atoms with Crippen molar-refractivity contribution in [1.82, 2.24) is 9.88 Å². The van der Waals surface area contributed by atoms with Gasteiger partial charge in [-0.2, -0.15) is 5.26 Å². The molecule has 0 unspecified atom stereocenters. The number of likely N-dealkylation sites (tertiary alicyclic amines) is 1. The van der Waals surface area contributed by atoms with Gasteiger partial charge in [-0.15, -0.1) is 0 Å². The summed E-state index contributed by atoms with van der Waals surface area (Å²) in [7, 11) is 0. The van der Waals surface area contributed by atoms with Crippen molar-refractivity contribution >= 4 is 16.6 Å². The molecule has 3 saturated carbocycles. The number of hydrogen-bond donors (Lipinski definition) is 1. The number of alkyl halides is 1. The third-order valence-electron chi connectivity index (χ3n) is 9.44. The van der Waals surface area contributed by atoms with E-state index in [0.29, 0.717) is 25.9 Å². The lowest BCUT2D eigenvalue weighted by Gasteiger charge is -2.63. The van der Waals surface area contributed by atoms with Gasteiger partial charge in [-0.1, -0.05) is 18.2 Å². The third-order valence-corrected chi connectivity index (χ3v) is 9.44. The second-order valence-corrected chi connectivity index (χ2v) is 12.1. The van der Waals surface area contributed by atoms with Crippen LogP contribution in [-0.4, -0.2) is 58.1 Å². The molecule has 8 rings (SSSR count). The summed E-state index contributed by atoms with van der Waals surface area (Å²) < 4.78 is 52.9. The molecule has 5 nitrogen and oxygen atoms in total. The number of halogens is 3. The molecule has 3 aliphatic carbocycles. The van der Waals surface area contributed by atoms with E-state index in [0.717, 1.165) is 60.1 Å². The molecule has 2 aromatic carbocycles. The molecule has 2 aliphatic heterocycles. The Balaban J connectivity index is 1.26. The van der Waals surface area contributed by atoms with Crippen LogP contribution in [0.4, 0.5) is 13.2 Å². The standard InChI is InChI=1S/C31H32F3N4O/c1-19-11-23-22-5-2-3-6-26(22)36-28(23)29(38(19)31-15-30(16-31,17-31)18-35)27-24(33)12-21(13-25(27)34)39-20-7-10-37(14-20)9-4-8-32/h2-3,5-6,12-13,20,29,36H,4,7-11,14-17H2,1H3/q+1/t20-,29-,30?,31?/m0/s1. The van der Waals surface area contributed by atoms with E-state index in [1.165, 1.54) is 12.1 Å². The molecule has 0 spiro atoms. The van der Waals surface area contributed by atoms with E-state index in [9.17, 15) is 9.65 Å². The average molecular weight is 534 g/mol. The number of ether oxygens (including phenoxy) is 1. The maximum Gasteiger partial charge on any atom is 0.224 e. The Labute approximate surface area is 225 Å². The van der Waals surface area contributed by atoms with Gasteiger partial charge in [0, 0.05) is 68.9 Å². The second-order valence-electron chi connectivity index (χ2n) is 12.1. The maximum atomic E-state index is 16.1. The number of nitriles is 1. The van der Waals surface area contributed by atoms with E-state index in [2.05, 4.69) is 33.5 Å². The van der Waals surface area contributed by atoms with Crippen LogP contribution in [0.2, 0.25) is 0 Å². The van der Waals surface area contributed by atoms with Crippen LogP contribution in [-0.2, 0) is 6.42 Å². The highest BCUT2D eigenvalue weighted by atomic mass is 19.1. The first-order chi connectivity index (χ1) is 18.9. The molecule has 5 aliphatic rings. The van der Waals surface area contributed by atoms with Gasteiger partial charge in [-0.05, 0) is 24.5 Å². The zero-order valence-corrected chi connectivity index (χ0v) is 22.1. The minimum Gasteiger partial charge on any atom is -0.489 e. The van der Waals surface area contributed by atoms with Crippen LogP contribution in [0.1, 0.15) is 61.9 Å². The van der Waals surface area contributed by atoms with Gasteiger partial charge < -0.3 is 9.72 Å². The lowest BCUT2D eigenvalue weighted by molar-refractivity contribution is -0.693. The molecule has 8 heteroatoms. The maximum absolute atomic E-state index is 16.1. The highest BCUT2D eigenvalue weighted by Crippen LogP contribution is 2.70. The van der Waals surface area contributed by atoms with Gasteiger partial charge in [0.1, 0.15) is 23.5 Å². The van der Waals surface area contributed by atoms with Crippen molar-refractivity contribution in [2.75, 3.05) is 26.3 Å². The van der Waals surface area contributed by atoms with Gasteiger partial charge in [-0.3, -0.25) is 9.29 Å². The minimum atomic E-state index is -0.658. The molecule has 202 valence electrons. The lowest BCUT2D eigenvalue weighted by atomic mass is 9.39. The largest absolute Gasteiger partial charge is 0.489 e. The zero-order chi connectivity index (χ0) is 26.9. The van der Waals surface area contributed by atoms with Gasteiger partial charge in [0.05, 0.1) is 35.8 Å². The van der Waals surface area contributed by atoms with Crippen molar-refractivity contribution in [3.05, 3.63) is 64.9 Å². The summed E-state index contributed by atoms with van der Waals surface area (Å²) in [6, 6.07) is 12.4. The average Bonchev–Trinajstić information content (AvgIpc) is 3.46. The molecule has 1 N–H and O–H groups in total. The quantitative estimate of drug-likeness (QED) is 0.389. The number of para-hydroxylation sites is 1. The fourth-order valence-electron chi connectivity index (χ4n) is 7.86. The Bertz CT molecular complexity index is 1510. The predicted molar refractivity (Wildman–Crippen MR) is 142 cm³/mol. The van der Waals surface area contributed by atoms with Crippen molar-refractivity contribution in [2.45, 2.75) is 63.1 Å². The molecule has 2 bridgehead atoms. The van der Waals surface area contributed by atoms with Crippen molar-refractivity contribution in [3.63, 3.8) is 0 Å². The molecule has 39 heavy (non-hydrogen) atoms. The van der Waals surface area contributed by atoms with Gasteiger partial charge in [0.25, 0.3) is 0 Å². The Morgan fingerprint density at radius 3 is 2.64 bits per heavy atom. The molecule has 1 aromatic heterocycles. The summed E-state index contributed by atoms with van der Waals surface area (Å²) in [5, 5.41) is 10.7. The molecular formula is C31H32F3N4O+. The minimum absolute atomic E-state index is 0.0148. The van der Waals surface area contributed by atoms with Crippen molar-refractivity contribution in [3.8, 4) is 11.8 Å². The molecule has 3 aromatic rings. The monoisotopic (exact) mass is 533 g/mol. The van der Waals surface area contributed by atoms with Crippen molar-refractivity contribution in [1.29, 1.82) is 5.26 Å². The van der Waals surface area contributed by atoms with Crippen molar-refractivity contribution in [2.24, 2.45) is 5.41 Å². The topological polar surface area (TPSA) is 55.1 Å². The van der Waals surface area contributed by atoms with Gasteiger partial charge in [-0.25, -0.2) is 13.4 Å². The summed E-state index contributed by atoms with van der Waals surface area (Å²) in [4.78, 5) is 5.63. The molecule has 0 amide bonds. The Hall–Kier alpha value is -3.31. The van der Waals surface area contributed by atoms with Crippen LogP contribution in [0.5, 0.6) is 5.75 Å². The number of aromatic amines is 1. The fourth-order valence-corrected chi connectivity index (χ4v) is 7.86. The first-order valence-electron chi connectivity index (χ1n) is 13.9. The van der Waals surface area contributed by atoms with Gasteiger partial charge in [0.2, 0.25) is 6.04 Å². The lowest BCUT2D eigenvalue weighted by Crippen LogP contribution is -2.73. The first kappa shape index (κ1) is 24.7. The van der Waals surface area contributed by atoms with Crippen LogP contribution in [0, 0.1) is 28.4 Å². The summed E-state index contributed by atoms with van der Waals surface area (Å²) in [5.74, 6) is -1.08. The van der Waals surface area contributed by atoms with E-state index in [4.69, 9.17) is 4.74 Å². The van der Waals surface area contributed by atoms with E-state index in [1.807, 2.05) is 18.2 Å². The molecule has 4 fully saturated rings. The summed E-state index contributed by atoms with van der Waals surface area (Å²) in [6.07, 6.45) is 3.91. The Kier molecular flexibility index (Phi) is 5.61. The number of H-pyrrole nitrogens is 1. The van der Waals surface area contributed by atoms with Crippen molar-refractivity contribution < 1.29 is 22.5 Å². The number of nitrogens with one attached hydrogen (secondary N) is 1. The third kappa shape index (κ3) is 3.73. The number of fused-ring (bicyclic) bond motifs is 3. The van der Waals surface area contributed by atoms with Crippen LogP contribution < -0.4 is 4.74 Å². The Morgan fingerprint density at radius 2 is 1.92 bits per heavy atom. The number of rotatable bonds is 7. The summed E-state index contributed by atoms with van der Waals surface area (Å²) in [5.41, 5.74) is 3.39. The molecule has 2 atom stereocenters. The molecule has 0 radical (unpaired) electrons. The van der Waals surface area contributed by atoms with Gasteiger partial charge >= 0.3 is 0 Å². The highest BCUT2D eigenvalue weighted by Gasteiger charge is 2.77. The molecule has 3 heterocycles. The van der Waals surface area contributed by atoms with Crippen LogP contribution >= 0.6 is 0 Å². The van der Waals surface area contributed by atoms with E-state index >= 15 is 8.78 Å². The Morgan fingerprint density at radius 1 is 1.18 bits per heavy atom. The number of benzene rings is 2. The number of aromatic nitrogens is 1. The van der Waals surface area contributed by atoms with Crippen LogP contribution in [0.15, 0.2) is 36.4 Å². The zero-order valence-electron chi connectivity index (χ0n) is 22.1. The molecular weight excluding hydrogens is 501 g/mol. The van der Waals surface area contributed by atoms with Crippen LogP contribution in [0.25, 0.3) is 10.9 Å². The summed E-state index contributed by atoms with van der Waals surface area (Å²) >= 11 is 0. The fraction of sp³-hybridized carbons (Fsp3) is 0.484.